The van der Waals surface area contributed by atoms with Gasteiger partial charge in [0.2, 0.25) is 0 Å². The van der Waals surface area contributed by atoms with E-state index in [1.165, 1.54) is 0 Å². The molecule has 0 aliphatic carbocycles. The third kappa shape index (κ3) is 3.04. The van der Waals surface area contributed by atoms with Crippen LogP contribution in [0.5, 0.6) is 0 Å². The zero-order valence-corrected chi connectivity index (χ0v) is 6.98. The Morgan fingerprint density at radius 1 is 1.33 bits per heavy atom. The van der Waals surface area contributed by atoms with E-state index in [1.807, 2.05) is 0 Å². The summed E-state index contributed by atoms with van der Waals surface area (Å²) in [4.78, 5) is 10.8. The van der Waals surface area contributed by atoms with Crippen molar-refractivity contribution in [2.45, 2.75) is 18.3 Å². The van der Waals surface area contributed by atoms with E-state index >= 15 is 0 Å². The second-order valence-corrected chi connectivity index (χ2v) is 2.58. The molecule has 1 unspecified atom stereocenters. The van der Waals surface area contributed by atoms with E-state index in [9.17, 15) is 4.79 Å². The van der Waals surface area contributed by atoms with Gasteiger partial charge in [0.25, 0.3) is 0 Å². The highest BCUT2D eigenvalue weighted by Crippen LogP contribution is 2.00. The molecule has 3 atom stereocenters. The van der Waals surface area contributed by atoms with Crippen LogP contribution < -0.4 is 0 Å². The predicted octanol–water partition coefficient (Wildman–Crippen LogP) is -2.13. The standard InChI is InChI=1S/C6H11ClO5/c7-1-3(9)5(11)6(12)4(10)2-8/h3-5,8-11H,1-2H2/t3-,4?,5-/m1/s1. The maximum atomic E-state index is 10.8. The number of hydrogen-bond donors (Lipinski definition) is 4. The summed E-state index contributed by atoms with van der Waals surface area (Å²) in [5.41, 5.74) is 0. The lowest BCUT2D eigenvalue weighted by atomic mass is 10.1. The molecule has 0 fully saturated rings. The maximum absolute atomic E-state index is 10.8. The van der Waals surface area contributed by atoms with Crippen molar-refractivity contribution in [3.63, 3.8) is 0 Å². The fourth-order valence-electron chi connectivity index (χ4n) is 0.561. The molecular weight excluding hydrogens is 188 g/mol. The molecule has 5 nitrogen and oxygen atoms in total. The first kappa shape index (κ1) is 11.8. The van der Waals surface area contributed by atoms with E-state index in [1.54, 1.807) is 0 Å². The van der Waals surface area contributed by atoms with E-state index in [4.69, 9.17) is 32.0 Å². The summed E-state index contributed by atoms with van der Waals surface area (Å²) in [6.07, 6.45) is -4.83. The van der Waals surface area contributed by atoms with Crippen LogP contribution in [0.1, 0.15) is 0 Å². The maximum Gasteiger partial charge on any atom is 0.194 e. The number of aliphatic hydroxyl groups excluding tert-OH is 4. The molecule has 0 saturated heterocycles. The molecule has 0 amide bonds. The van der Waals surface area contributed by atoms with Crippen molar-refractivity contribution in [3.05, 3.63) is 0 Å². The summed E-state index contributed by atoms with van der Waals surface area (Å²) in [6, 6.07) is 0. The molecule has 0 aromatic rings. The number of Topliss-reactive ketones (excluding diaryl/α,β-unsaturated/α-hetero) is 1. The topological polar surface area (TPSA) is 98.0 Å². The number of aliphatic hydroxyl groups is 4. The van der Waals surface area contributed by atoms with Gasteiger partial charge in [0.1, 0.15) is 18.3 Å². The normalized spacial score (nSPS) is 18.4. The van der Waals surface area contributed by atoms with Crippen LogP contribution in [0.25, 0.3) is 0 Å². The van der Waals surface area contributed by atoms with Crippen LogP contribution in [-0.4, -0.2) is 57.0 Å². The Labute approximate surface area is 74.2 Å². The number of ketones is 1. The molecule has 12 heavy (non-hydrogen) atoms. The van der Waals surface area contributed by atoms with Crippen molar-refractivity contribution >= 4 is 17.4 Å². The van der Waals surface area contributed by atoms with Crippen molar-refractivity contribution in [2.24, 2.45) is 0 Å². The Hall–Kier alpha value is -0.200. The zero-order chi connectivity index (χ0) is 9.72. The van der Waals surface area contributed by atoms with E-state index in [-0.39, 0.29) is 5.88 Å². The monoisotopic (exact) mass is 198 g/mol. The largest absolute Gasteiger partial charge is 0.393 e. The van der Waals surface area contributed by atoms with Gasteiger partial charge < -0.3 is 20.4 Å². The Bertz CT molecular complexity index is 151. The molecule has 0 aliphatic heterocycles. The molecule has 72 valence electrons. The van der Waals surface area contributed by atoms with Gasteiger partial charge in [-0.2, -0.15) is 0 Å². The fourth-order valence-corrected chi connectivity index (χ4v) is 0.730. The molecule has 0 aliphatic rings. The minimum atomic E-state index is -1.75. The van der Waals surface area contributed by atoms with E-state index in [0.29, 0.717) is 0 Å². The molecule has 0 heterocycles. The Morgan fingerprint density at radius 3 is 2.17 bits per heavy atom. The van der Waals surface area contributed by atoms with E-state index in [0.717, 1.165) is 0 Å². The number of alkyl halides is 1. The summed E-state index contributed by atoms with van der Waals surface area (Å²) in [6.45, 7) is -0.787. The van der Waals surface area contributed by atoms with Crippen LogP contribution in [0.4, 0.5) is 0 Å². The molecule has 4 N–H and O–H groups in total. The summed E-state index contributed by atoms with van der Waals surface area (Å²) in [7, 11) is 0. The number of rotatable bonds is 5. The molecule has 0 aromatic carbocycles. The predicted molar refractivity (Wildman–Crippen MR) is 40.8 cm³/mol. The number of halogens is 1. The second kappa shape index (κ2) is 5.45. The average molecular weight is 199 g/mol. The molecule has 0 saturated carbocycles. The van der Waals surface area contributed by atoms with Gasteiger partial charge in [-0.25, -0.2) is 0 Å². The first-order valence-electron chi connectivity index (χ1n) is 3.29. The van der Waals surface area contributed by atoms with E-state index in [2.05, 4.69) is 0 Å². The minimum Gasteiger partial charge on any atom is -0.393 e. The van der Waals surface area contributed by atoms with Gasteiger partial charge in [0.05, 0.1) is 12.5 Å². The minimum absolute atomic E-state index is 0.314. The van der Waals surface area contributed by atoms with Crippen LogP contribution >= 0.6 is 11.6 Å². The number of carbonyl (C=O) groups excluding carboxylic acids is 1. The SMILES string of the molecule is O=C(C(O)CO)[C@H](O)[C@H](O)CCl. The van der Waals surface area contributed by atoms with Crippen LogP contribution in [0.2, 0.25) is 0 Å². The Morgan fingerprint density at radius 2 is 1.83 bits per heavy atom. The molecular formula is C6H11ClO5. The average Bonchev–Trinajstić information content (AvgIpc) is 2.12. The van der Waals surface area contributed by atoms with Crippen LogP contribution in [0.3, 0.4) is 0 Å². The van der Waals surface area contributed by atoms with Gasteiger partial charge in [-0.3, -0.25) is 4.79 Å². The summed E-state index contributed by atoms with van der Waals surface area (Å²) in [5.74, 6) is -1.35. The first-order chi connectivity index (χ1) is 5.54. The highest BCUT2D eigenvalue weighted by Gasteiger charge is 2.28. The van der Waals surface area contributed by atoms with Gasteiger partial charge in [-0.15, -0.1) is 11.6 Å². The molecule has 0 bridgehead atoms. The van der Waals surface area contributed by atoms with Crippen LogP contribution in [-0.2, 0) is 4.79 Å². The highest BCUT2D eigenvalue weighted by molar-refractivity contribution is 6.18. The van der Waals surface area contributed by atoms with Crippen molar-refractivity contribution in [3.8, 4) is 0 Å². The molecule has 0 spiro atoms. The second-order valence-electron chi connectivity index (χ2n) is 2.27. The van der Waals surface area contributed by atoms with Crippen molar-refractivity contribution in [1.82, 2.24) is 0 Å². The van der Waals surface area contributed by atoms with Crippen molar-refractivity contribution < 1.29 is 25.2 Å². The summed E-state index contributed by atoms with van der Waals surface area (Å²) in [5, 5.41) is 34.8. The smallest absolute Gasteiger partial charge is 0.194 e. The number of carbonyl (C=O) groups is 1. The zero-order valence-electron chi connectivity index (χ0n) is 6.22. The molecule has 0 radical (unpaired) electrons. The molecule has 0 aromatic heterocycles. The Balaban J connectivity index is 4.09. The van der Waals surface area contributed by atoms with Gasteiger partial charge in [0.15, 0.2) is 5.78 Å². The van der Waals surface area contributed by atoms with Gasteiger partial charge >= 0.3 is 0 Å². The van der Waals surface area contributed by atoms with Crippen molar-refractivity contribution in [1.29, 1.82) is 0 Å². The molecule has 6 heteroatoms. The van der Waals surface area contributed by atoms with Gasteiger partial charge in [-0.05, 0) is 0 Å². The summed E-state index contributed by atoms with van der Waals surface area (Å²) < 4.78 is 0. The van der Waals surface area contributed by atoms with Crippen LogP contribution in [0.15, 0.2) is 0 Å². The fraction of sp³-hybridized carbons (Fsp3) is 0.833. The molecule has 0 rings (SSSR count). The Kier molecular flexibility index (Phi) is 5.36. The van der Waals surface area contributed by atoms with Gasteiger partial charge in [0, 0.05) is 0 Å². The van der Waals surface area contributed by atoms with Crippen LogP contribution in [0, 0.1) is 0 Å². The lowest BCUT2D eigenvalue weighted by Gasteiger charge is -2.16. The van der Waals surface area contributed by atoms with Gasteiger partial charge in [-0.1, -0.05) is 0 Å². The number of hydrogen-bond acceptors (Lipinski definition) is 5. The quantitative estimate of drug-likeness (QED) is 0.379. The summed E-state index contributed by atoms with van der Waals surface area (Å²) >= 11 is 5.13. The lowest BCUT2D eigenvalue weighted by Crippen LogP contribution is -2.42. The van der Waals surface area contributed by atoms with Crippen molar-refractivity contribution in [2.75, 3.05) is 12.5 Å². The van der Waals surface area contributed by atoms with E-state index < -0.39 is 30.7 Å². The third-order valence-corrected chi connectivity index (χ3v) is 1.63. The highest BCUT2D eigenvalue weighted by atomic mass is 35.5. The first-order valence-corrected chi connectivity index (χ1v) is 3.82. The lowest BCUT2D eigenvalue weighted by molar-refractivity contribution is -0.142. The third-order valence-electron chi connectivity index (χ3n) is 1.32.